The van der Waals surface area contributed by atoms with E-state index in [0.717, 1.165) is 16.8 Å². The number of hydrogen-bond donors (Lipinski definition) is 1. The van der Waals surface area contributed by atoms with Crippen LogP contribution < -0.4 is 5.32 Å². The van der Waals surface area contributed by atoms with E-state index in [0.29, 0.717) is 22.4 Å². The number of carbonyl (C=O) groups excluding carboxylic acids is 1. The SMILES string of the molecule is CC(C)c1cccc(C(C)C)c1NC(=O)c1cccc(Cl)c1. The van der Waals surface area contributed by atoms with Crippen molar-refractivity contribution in [2.75, 3.05) is 5.32 Å². The molecule has 0 atom stereocenters. The summed E-state index contributed by atoms with van der Waals surface area (Å²) < 4.78 is 0. The highest BCUT2D eigenvalue weighted by molar-refractivity contribution is 6.31. The number of amides is 1. The van der Waals surface area contributed by atoms with Crippen LogP contribution in [0.25, 0.3) is 0 Å². The summed E-state index contributed by atoms with van der Waals surface area (Å²) in [7, 11) is 0. The summed E-state index contributed by atoms with van der Waals surface area (Å²) in [5.74, 6) is 0.555. The molecule has 2 nitrogen and oxygen atoms in total. The van der Waals surface area contributed by atoms with E-state index in [-0.39, 0.29) is 5.91 Å². The Balaban J connectivity index is 2.41. The molecule has 2 aromatic carbocycles. The van der Waals surface area contributed by atoms with Crippen molar-refractivity contribution < 1.29 is 4.79 Å². The van der Waals surface area contributed by atoms with Crippen molar-refractivity contribution in [1.82, 2.24) is 0 Å². The standard InChI is InChI=1S/C19H22ClNO/c1-12(2)16-9-6-10-17(13(3)4)18(16)21-19(22)14-7-5-8-15(20)11-14/h5-13H,1-4H3,(H,21,22). The lowest BCUT2D eigenvalue weighted by atomic mass is 9.92. The smallest absolute Gasteiger partial charge is 0.255 e. The maximum absolute atomic E-state index is 12.5. The molecular formula is C19H22ClNO. The van der Waals surface area contributed by atoms with Gasteiger partial charge in [-0.1, -0.05) is 63.6 Å². The van der Waals surface area contributed by atoms with Crippen molar-refractivity contribution in [3.63, 3.8) is 0 Å². The predicted molar refractivity (Wildman–Crippen MR) is 94.0 cm³/mol. The van der Waals surface area contributed by atoms with Crippen LogP contribution in [-0.4, -0.2) is 5.91 Å². The normalized spacial score (nSPS) is 11.0. The number of para-hydroxylation sites is 1. The third-order valence-electron chi connectivity index (χ3n) is 3.70. The van der Waals surface area contributed by atoms with Crippen LogP contribution in [0.4, 0.5) is 5.69 Å². The molecule has 0 aliphatic heterocycles. The fraction of sp³-hybridized carbons (Fsp3) is 0.316. The number of hydrogen-bond acceptors (Lipinski definition) is 1. The van der Waals surface area contributed by atoms with Gasteiger partial charge >= 0.3 is 0 Å². The molecule has 0 spiro atoms. The zero-order chi connectivity index (χ0) is 16.3. The number of halogens is 1. The van der Waals surface area contributed by atoms with Crippen LogP contribution in [0.2, 0.25) is 5.02 Å². The van der Waals surface area contributed by atoms with Gasteiger partial charge in [0.2, 0.25) is 0 Å². The zero-order valence-electron chi connectivity index (χ0n) is 13.5. The summed E-state index contributed by atoms with van der Waals surface area (Å²) in [4.78, 5) is 12.5. The molecule has 3 heteroatoms. The molecule has 0 saturated carbocycles. The second kappa shape index (κ2) is 6.97. The topological polar surface area (TPSA) is 29.1 Å². The minimum Gasteiger partial charge on any atom is -0.321 e. The summed E-state index contributed by atoms with van der Waals surface area (Å²) in [6.45, 7) is 8.53. The van der Waals surface area contributed by atoms with Gasteiger partial charge in [-0.25, -0.2) is 0 Å². The molecule has 0 aliphatic carbocycles. The molecule has 2 aromatic rings. The van der Waals surface area contributed by atoms with Gasteiger partial charge in [0.05, 0.1) is 0 Å². The second-order valence-corrected chi connectivity index (χ2v) is 6.52. The third-order valence-corrected chi connectivity index (χ3v) is 3.93. The van der Waals surface area contributed by atoms with E-state index < -0.39 is 0 Å². The van der Waals surface area contributed by atoms with Crippen molar-refractivity contribution in [1.29, 1.82) is 0 Å². The molecule has 0 saturated heterocycles. The molecule has 0 bridgehead atoms. The number of benzene rings is 2. The van der Waals surface area contributed by atoms with Crippen molar-refractivity contribution in [2.45, 2.75) is 39.5 Å². The lowest BCUT2D eigenvalue weighted by Gasteiger charge is -2.20. The molecule has 2 rings (SSSR count). The fourth-order valence-electron chi connectivity index (χ4n) is 2.51. The Hall–Kier alpha value is -1.80. The van der Waals surface area contributed by atoms with Gasteiger partial charge in [-0.3, -0.25) is 4.79 Å². The zero-order valence-corrected chi connectivity index (χ0v) is 14.2. The largest absolute Gasteiger partial charge is 0.321 e. The van der Waals surface area contributed by atoms with Gasteiger partial charge in [-0.2, -0.15) is 0 Å². The van der Waals surface area contributed by atoms with Crippen LogP contribution >= 0.6 is 11.6 Å². The Morgan fingerprint density at radius 3 is 2.00 bits per heavy atom. The third kappa shape index (κ3) is 3.69. The number of anilines is 1. The predicted octanol–water partition coefficient (Wildman–Crippen LogP) is 5.84. The number of nitrogens with one attached hydrogen (secondary N) is 1. The molecule has 0 radical (unpaired) electrons. The summed E-state index contributed by atoms with van der Waals surface area (Å²) >= 11 is 5.98. The van der Waals surface area contributed by atoms with E-state index in [9.17, 15) is 4.79 Å². The van der Waals surface area contributed by atoms with Gasteiger partial charge in [-0.05, 0) is 41.2 Å². The first-order valence-corrected chi connectivity index (χ1v) is 7.97. The lowest BCUT2D eigenvalue weighted by Crippen LogP contribution is -2.15. The molecule has 22 heavy (non-hydrogen) atoms. The second-order valence-electron chi connectivity index (χ2n) is 6.09. The Bertz CT molecular complexity index is 651. The molecule has 116 valence electrons. The highest BCUT2D eigenvalue weighted by atomic mass is 35.5. The van der Waals surface area contributed by atoms with Crippen LogP contribution in [0.15, 0.2) is 42.5 Å². The molecule has 1 N–H and O–H groups in total. The summed E-state index contributed by atoms with van der Waals surface area (Å²) in [6, 6.07) is 13.2. The summed E-state index contributed by atoms with van der Waals surface area (Å²) in [5.41, 5.74) is 3.81. The average Bonchev–Trinajstić information content (AvgIpc) is 2.46. The fourth-order valence-corrected chi connectivity index (χ4v) is 2.70. The Morgan fingerprint density at radius 1 is 0.955 bits per heavy atom. The Labute approximate surface area is 137 Å². The Kier molecular flexibility index (Phi) is 5.25. The van der Waals surface area contributed by atoms with Crippen molar-refractivity contribution in [3.05, 3.63) is 64.2 Å². The molecule has 0 heterocycles. The molecule has 0 aromatic heterocycles. The van der Waals surface area contributed by atoms with E-state index in [1.54, 1.807) is 24.3 Å². The van der Waals surface area contributed by atoms with Crippen LogP contribution in [-0.2, 0) is 0 Å². The van der Waals surface area contributed by atoms with E-state index in [4.69, 9.17) is 11.6 Å². The highest BCUT2D eigenvalue weighted by Gasteiger charge is 2.16. The molecule has 0 aliphatic rings. The van der Waals surface area contributed by atoms with Crippen molar-refractivity contribution in [3.8, 4) is 0 Å². The van der Waals surface area contributed by atoms with Crippen LogP contribution in [0, 0.1) is 0 Å². The van der Waals surface area contributed by atoms with Gasteiger partial charge in [0.15, 0.2) is 0 Å². The summed E-state index contributed by atoms with van der Waals surface area (Å²) in [6.07, 6.45) is 0. The van der Waals surface area contributed by atoms with Crippen molar-refractivity contribution in [2.24, 2.45) is 0 Å². The van der Waals surface area contributed by atoms with Gasteiger partial charge in [0, 0.05) is 16.3 Å². The molecule has 0 fully saturated rings. The Morgan fingerprint density at radius 2 is 1.50 bits per heavy atom. The van der Waals surface area contributed by atoms with Crippen LogP contribution in [0.3, 0.4) is 0 Å². The van der Waals surface area contributed by atoms with Crippen LogP contribution in [0.5, 0.6) is 0 Å². The quantitative estimate of drug-likeness (QED) is 0.754. The maximum Gasteiger partial charge on any atom is 0.255 e. The first-order valence-electron chi connectivity index (χ1n) is 7.60. The average molecular weight is 316 g/mol. The van der Waals surface area contributed by atoms with E-state index in [1.165, 1.54) is 0 Å². The molecule has 1 amide bonds. The minimum absolute atomic E-state index is 0.127. The molecule has 0 unspecified atom stereocenters. The minimum atomic E-state index is -0.127. The van der Waals surface area contributed by atoms with E-state index >= 15 is 0 Å². The first kappa shape index (κ1) is 16.6. The lowest BCUT2D eigenvalue weighted by molar-refractivity contribution is 0.102. The van der Waals surface area contributed by atoms with Gasteiger partial charge < -0.3 is 5.32 Å². The first-order chi connectivity index (χ1) is 10.4. The molecular weight excluding hydrogens is 294 g/mol. The van der Waals surface area contributed by atoms with E-state index in [2.05, 4.69) is 51.2 Å². The van der Waals surface area contributed by atoms with Crippen molar-refractivity contribution >= 4 is 23.2 Å². The van der Waals surface area contributed by atoms with Gasteiger partial charge in [0.25, 0.3) is 5.91 Å². The maximum atomic E-state index is 12.5. The van der Waals surface area contributed by atoms with Gasteiger partial charge in [0.1, 0.15) is 0 Å². The van der Waals surface area contributed by atoms with E-state index in [1.807, 2.05) is 0 Å². The van der Waals surface area contributed by atoms with Crippen LogP contribution in [0.1, 0.15) is 61.0 Å². The van der Waals surface area contributed by atoms with Gasteiger partial charge in [-0.15, -0.1) is 0 Å². The highest BCUT2D eigenvalue weighted by Crippen LogP contribution is 2.32. The monoisotopic (exact) mass is 315 g/mol. The summed E-state index contributed by atoms with van der Waals surface area (Å²) in [5, 5.41) is 3.65. The number of carbonyl (C=O) groups is 1. The number of rotatable bonds is 4.